The van der Waals surface area contributed by atoms with Crippen LogP contribution in [0.25, 0.3) is 0 Å². The Bertz CT molecular complexity index is 1140. The molecule has 4 rings (SSSR count). The summed E-state index contributed by atoms with van der Waals surface area (Å²) in [5.74, 6) is 2.64. The van der Waals surface area contributed by atoms with Gasteiger partial charge in [0, 0.05) is 29.7 Å². The average molecular weight is 534 g/mol. The Morgan fingerprint density at radius 1 is 0.839 bits per heavy atom. The minimum atomic E-state index is -1.24. The van der Waals surface area contributed by atoms with Gasteiger partial charge in [-0.2, -0.15) is 0 Å². The van der Waals surface area contributed by atoms with Crippen molar-refractivity contribution in [1.29, 1.82) is 0 Å². The molecule has 0 fully saturated rings. The quantitative estimate of drug-likeness (QED) is 0.261. The van der Waals surface area contributed by atoms with Gasteiger partial charge in [-0.15, -0.1) is 11.8 Å². The molecule has 4 aromatic rings. The van der Waals surface area contributed by atoms with E-state index in [0.29, 0.717) is 36.6 Å². The van der Waals surface area contributed by atoms with E-state index in [-0.39, 0.29) is 0 Å². The highest BCUT2D eigenvalue weighted by Crippen LogP contribution is 2.34. The molecule has 1 unspecified atom stereocenters. The monoisotopic (exact) mass is 532 g/mol. The molecule has 11 heteroatoms. The molecule has 0 spiro atoms. The van der Waals surface area contributed by atoms with Crippen molar-refractivity contribution in [3.05, 3.63) is 92.9 Å². The lowest BCUT2D eigenvalue weighted by molar-refractivity contribution is 0.681. The van der Waals surface area contributed by atoms with Gasteiger partial charge in [-0.1, -0.05) is 58.5 Å². The molecule has 2 N–H and O–H groups in total. The maximum Gasteiger partial charge on any atom is 0.119 e. The number of thioether (sulfide) groups is 1. The number of halogens is 4. The molecule has 2 aromatic carbocycles. The summed E-state index contributed by atoms with van der Waals surface area (Å²) in [6.07, 6.45) is 6.84. The fourth-order valence-corrected chi connectivity index (χ4v) is 5.46. The van der Waals surface area contributed by atoms with E-state index in [2.05, 4.69) is 19.9 Å². The van der Waals surface area contributed by atoms with Crippen LogP contribution in [-0.2, 0) is 22.3 Å². The van der Waals surface area contributed by atoms with Crippen LogP contribution in [0, 0.1) is 0 Å². The first-order valence-corrected chi connectivity index (χ1v) is 12.6. The third-order valence-electron chi connectivity index (χ3n) is 3.82. The van der Waals surface area contributed by atoms with Gasteiger partial charge in [0.25, 0.3) is 0 Å². The van der Waals surface area contributed by atoms with Gasteiger partial charge >= 0.3 is 0 Å². The predicted molar refractivity (Wildman–Crippen MR) is 130 cm³/mol. The molecule has 162 valence electrons. The number of hydrogen-bond acceptors (Lipinski definition) is 4. The Morgan fingerprint density at radius 3 is 2.10 bits per heavy atom. The number of benzene rings is 2. The van der Waals surface area contributed by atoms with Gasteiger partial charge in [0.1, 0.15) is 11.6 Å². The third kappa shape index (κ3) is 7.00. The maximum absolute atomic E-state index is 12.0. The molecule has 0 aliphatic heterocycles. The van der Waals surface area contributed by atoms with Gasteiger partial charge in [-0.25, -0.2) is 9.97 Å². The first-order chi connectivity index (χ1) is 15.0. The molecule has 1 atom stereocenters. The molecule has 0 aliphatic rings. The summed E-state index contributed by atoms with van der Waals surface area (Å²) in [4.78, 5) is 15.6. The molecule has 0 saturated carbocycles. The molecule has 0 amide bonds. The molecule has 2 aromatic heterocycles. The van der Waals surface area contributed by atoms with Gasteiger partial charge in [-0.05, 0) is 24.3 Å². The largest absolute Gasteiger partial charge is 0.348 e. The topological polar surface area (TPSA) is 74.4 Å². The number of H-pyrrole nitrogens is 2. The van der Waals surface area contributed by atoms with Crippen molar-refractivity contribution < 1.29 is 4.21 Å². The van der Waals surface area contributed by atoms with E-state index in [4.69, 9.17) is 46.4 Å². The number of aromatic amines is 2. The molecule has 0 bridgehead atoms. The molecular weight excluding hydrogens is 518 g/mol. The van der Waals surface area contributed by atoms with E-state index in [0.717, 1.165) is 16.5 Å². The maximum atomic E-state index is 12.0. The van der Waals surface area contributed by atoms with Gasteiger partial charge in [-0.3, -0.25) is 4.21 Å². The van der Waals surface area contributed by atoms with E-state index in [9.17, 15) is 4.21 Å². The second-order valence-corrected chi connectivity index (χ2v) is 9.96. The average Bonchev–Trinajstić information content (AvgIpc) is 3.46. The Morgan fingerprint density at radius 2 is 1.45 bits per heavy atom. The first-order valence-electron chi connectivity index (χ1n) is 8.81. The molecular formula is C20H16Cl4N4OS2. The Kier molecular flexibility index (Phi) is 9.31. The van der Waals surface area contributed by atoms with Crippen LogP contribution in [0.4, 0.5) is 0 Å². The molecule has 0 saturated heterocycles. The van der Waals surface area contributed by atoms with Crippen LogP contribution in [0.2, 0.25) is 20.1 Å². The number of aromatic nitrogens is 4. The summed E-state index contributed by atoms with van der Waals surface area (Å²) < 4.78 is 12.0. The predicted octanol–water partition coefficient (Wildman–Crippen LogP) is 7.03. The van der Waals surface area contributed by atoms with Crippen molar-refractivity contribution in [2.45, 2.75) is 21.3 Å². The smallest absolute Gasteiger partial charge is 0.119 e. The lowest BCUT2D eigenvalue weighted by atomic mass is 10.4. The van der Waals surface area contributed by atoms with Crippen molar-refractivity contribution in [2.75, 3.05) is 0 Å². The SMILES string of the molecule is Clc1cccc(SCc2ncc[nH]2)c1Cl.O=S(Cc1ncc[nH]1)c1cccc(Cl)c1Cl. The number of imidazole rings is 2. The molecule has 0 radical (unpaired) electrons. The third-order valence-corrected chi connectivity index (χ3v) is 8.12. The van der Waals surface area contributed by atoms with Gasteiger partial charge in [0.15, 0.2) is 0 Å². The van der Waals surface area contributed by atoms with Crippen molar-refractivity contribution in [2.24, 2.45) is 0 Å². The minimum absolute atomic E-state index is 0.299. The van der Waals surface area contributed by atoms with Gasteiger partial charge in [0.2, 0.25) is 0 Å². The van der Waals surface area contributed by atoms with Gasteiger partial charge in [0.05, 0.1) is 47.3 Å². The zero-order chi connectivity index (χ0) is 22.2. The number of nitrogens with one attached hydrogen (secondary N) is 2. The van der Waals surface area contributed by atoms with Crippen LogP contribution in [0.15, 0.2) is 71.0 Å². The highest BCUT2D eigenvalue weighted by molar-refractivity contribution is 7.98. The fourth-order valence-electron chi connectivity index (χ4n) is 2.36. The summed E-state index contributed by atoms with van der Waals surface area (Å²) in [6.45, 7) is 0. The first kappa shape index (κ1) is 24.2. The summed E-state index contributed by atoms with van der Waals surface area (Å²) >= 11 is 25.4. The standard InChI is InChI=1S/C10H8Cl2N2OS.C10H8Cl2N2S/c11-7-2-1-3-8(10(7)12)16(15)6-9-13-4-5-14-9;11-7-2-1-3-8(10(7)12)15-6-9-13-4-5-14-9/h1-5H,6H2,(H,13,14);1-5H,6H2,(H,13,14). The highest BCUT2D eigenvalue weighted by Gasteiger charge is 2.12. The van der Waals surface area contributed by atoms with Crippen LogP contribution in [-0.4, -0.2) is 24.1 Å². The zero-order valence-corrected chi connectivity index (χ0v) is 20.5. The number of nitrogens with zero attached hydrogens (tertiary/aromatic N) is 2. The van der Waals surface area contributed by atoms with Gasteiger partial charge < -0.3 is 9.97 Å². The Labute approximate surface area is 206 Å². The molecule has 2 heterocycles. The van der Waals surface area contributed by atoms with E-state index in [1.165, 1.54) is 0 Å². The zero-order valence-electron chi connectivity index (χ0n) is 15.8. The second kappa shape index (κ2) is 11.9. The lowest BCUT2D eigenvalue weighted by Gasteiger charge is -2.04. The normalized spacial score (nSPS) is 11.6. The van der Waals surface area contributed by atoms with Crippen molar-refractivity contribution in [1.82, 2.24) is 19.9 Å². The van der Waals surface area contributed by atoms with Crippen LogP contribution in [0.1, 0.15) is 11.6 Å². The van der Waals surface area contributed by atoms with Crippen LogP contribution in [0.5, 0.6) is 0 Å². The molecule has 5 nitrogen and oxygen atoms in total. The summed E-state index contributed by atoms with van der Waals surface area (Å²) in [5.41, 5.74) is 0. The number of rotatable bonds is 6. The lowest BCUT2D eigenvalue weighted by Crippen LogP contribution is -1.99. The van der Waals surface area contributed by atoms with E-state index >= 15 is 0 Å². The second-order valence-electron chi connectivity index (χ2n) is 5.95. The highest BCUT2D eigenvalue weighted by atomic mass is 35.5. The van der Waals surface area contributed by atoms with E-state index in [1.54, 1.807) is 60.8 Å². The minimum Gasteiger partial charge on any atom is -0.348 e. The summed E-state index contributed by atoms with van der Waals surface area (Å²) in [5, 5.41) is 1.94. The van der Waals surface area contributed by atoms with Crippen molar-refractivity contribution in [3.8, 4) is 0 Å². The van der Waals surface area contributed by atoms with Crippen LogP contribution >= 0.6 is 58.2 Å². The van der Waals surface area contributed by atoms with Crippen molar-refractivity contribution in [3.63, 3.8) is 0 Å². The van der Waals surface area contributed by atoms with Crippen LogP contribution < -0.4 is 0 Å². The molecule has 31 heavy (non-hydrogen) atoms. The summed E-state index contributed by atoms with van der Waals surface area (Å²) in [6, 6.07) is 10.7. The Hall–Kier alpha value is -1.48. The fraction of sp³-hybridized carbons (Fsp3) is 0.100. The van der Waals surface area contributed by atoms with Crippen LogP contribution in [0.3, 0.4) is 0 Å². The van der Waals surface area contributed by atoms with E-state index < -0.39 is 10.8 Å². The molecule has 0 aliphatic carbocycles. The number of hydrogen-bond donors (Lipinski definition) is 2. The van der Waals surface area contributed by atoms with E-state index in [1.807, 2.05) is 12.1 Å². The summed E-state index contributed by atoms with van der Waals surface area (Å²) in [7, 11) is -1.24. The van der Waals surface area contributed by atoms with Crippen molar-refractivity contribution >= 4 is 69.0 Å². The Balaban J connectivity index is 0.000000176.